The van der Waals surface area contributed by atoms with E-state index >= 15 is 0 Å². The first-order valence-electron chi connectivity index (χ1n) is 12.1. The van der Waals surface area contributed by atoms with Gasteiger partial charge < -0.3 is 9.33 Å². The molecule has 0 fully saturated rings. The molecule has 0 aliphatic carbocycles. The zero-order chi connectivity index (χ0) is 23.6. The Balaban J connectivity index is 2.01. The Morgan fingerprint density at radius 3 is 2.06 bits per heavy atom. The van der Waals surface area contributed by atoms with E-state index in [1.807, 2.05) is 0 Å². The zero-order valence-corrected chi connectivity index (χ0v) is 23.1. The van der Waals surface area contributed by atoms with E-state index in [0.717, 1.165) is 18.8 Å². The molecule has 1 aromatic carbocycles. The van der Waals surface area contributed by atoms with Crippen LogP contribution in [0.15, 0.2) is 47.9 Å². The Bertz CT molecular complexity index is 850. The molecule has 1 heterocycles. The predicted molar refractivity (Wildman–Crippen MR) is 149 cm³/mol. The van der Waals surface area contributed by atoms with Crippen LogP contribution in [0.25, 0.3) is 12.2 Å². The van der Waals surface area contributed by atoms with Crippen LogP contribution in [-0.2, 0) is 0 Å². The maximum atomic E-state index is 6.51. The summed E-state index contributed by atoms with van der Waals surface area (Å²) in [6, 6.07) is 11.1. The number of nitrogens with zero attached hydrogens (tertiary/aromatic N) is 1. The van der Waals surface area contributed by atoms with Crippen molar-refractivity contribution in [3.05, 3.63) is 58.3 Å². The van der Waals surface area contributed by atoms with Crippen molar-refractivity contribution >= 4 is 37.5 Å². The second kappa shape index (κ2) is 12.5. The fourth-order valence-electron chi connectivity index (χ4n) is 3.12. The van der Waals surface area contributed by atoms with Crippen LogP contribution in [0.1, 0.15) is 70.7 Å². The summed E-state index contributed by atoms with van der Waals surface area (Å²) in [5, 5.41) is 2.32. The van der Waals surface area contributed by atoms with Gasteiger partial charge in [0.15, 0.2) is 0 Å². The molecule has 32 heavy (non-hydrogen) atoms. The second-order valence-electron chi connectivity index (χ2n) is 10.0. The molecule has 2 aromatic rings. The summed E-state index contributed by atoms with van der Waals surface area (Å²) in [5.74, 6) is 1.02. The summed E-state index contributed by atoms with van der Waals surface area (Å²) in [7, 11) is -1.82. The van der Waals surface area contributed by atoms with Gasteiger partial charge in [-0.05, 0) is 66.2 Å². The molecule has 2 rings (SSSR count). The van der Waals surface area contributed by atoms with Crippen LogP contribution in [0, 0.1) is 0 Å². The number of hydrogen-bond acceptors (Lipinski definition) is 3. The lowest BCUT2D eigenvalue weighted by Gasteiger charge is -2.36. The van der Waals surface area contributed by atoms with Gasteiger partial charge in [-0.3, -0.25) is 0 Å². The molecule has 0 aliphatic rings. The van der Waals surface area contributed by atoms with Crippen molar-refractivity contribution in [1.82, 2.24) is 0 Å². The smallest absolute Gasteiger partial charge is 0.250 e. The average molecular weight is 470 g/mol. The number of hydrogen-bond donors (Lipinski definition) is 0. The van der Waals surface area contributed by atoms with Crippen molar-refractivity contribution in [1.29, 1.82) is 0 Å². The number of thiophene rings is 1. The first-order chi connectivity index (χ1) is 15.2. The summed E-state index contributed by atoms with van der Waals surface area (Å²) in [4.78, 5) is 3.72. The molecule has 0 saturated heterocycles. The van der Waals surface area contributed by atoms with Crippen LogP contribution >= 0.6 is 11.3 Å². The van der Waals surface area contributed by atoms with E-state index in [-0.39, 0.29) is 5.04 Å². The first kappa shape index (κ1) is 26.5. The Morgan fingerprint density at radius 1 is 0.906 bits per heavy atom. The van der Waals surface area contributed by atoms with Gasteiger partial charge in [-0.2, -0.15) is 0 Å². The van der Waals surface area contributed by atoms with Crippen LogP contribution < -0.4 is 9.33 Å². The summed E-state index contributed by atoms with van der Waals surface area (Å²) >= 11 is 1.74. The van der Waals surface area contributed by atoms with E-state index < -0.39 is 8.32 Å². The normalized spacial score (nSPS) is 12.7. The van der Waals surface area contributed by atoms with E-state index in [2.05, 4.69) is 113 Å². The fourth-order valence-corrected chi connectivity index (χ4v) is 4.95. The van der Waals surface area contributed by atoms with Gasteiger partial charge in [0.1, 0.15) is 5.75 Å². The van der Waals surface area contributed by atoms with E-state index in [0.29, 0.717) is 0 Å². The molecule has 0 saturated carbocycles. The zero-order valence-electron chi connectivity index (χ0n) is 21.3. The highest BCUT2D eigenvalue weighted by molar-refractivity contribution is 7.11. The highest BCUT2D eigenvalue weighted by Crippen LogP contribution is 2.39. The molecule has 176 valence electrons. The Hall–Kier alpha value is -1.78. The van der Waals surface area contributed by atoms with Gasteiger partial charge >= 0.3 is 0 Å². The van der Waals surface area contributed by atoms with Crippen molar-refractivity contribution < 1.29 is 4.43 Å². The van der Waals surface area contributed by atoms with Crippen molar-refractivity contribution in [2.24, 2.45) is 0 Å². The lowest BCUT2D eigenvalue weighted by atomic mass is 10.1. The monoisotopic (exact) mass is 469 g/mol. The van der Waals surface area contributed by atoms with Gasteiger partial charge in [0.2, 0.25) is 0 Å². The molecule has 0 N–H and O–H groups in total. The molecule has 0 unspecified atom stereocenters. The summed E-state index contributed by atoms with van der Waals surface area (Å²) in [6.45, 7) is 18.3. The lowest BCUT2D eigenvalue weighted by Crippen LogP contribution is -2.43. The minimum absolute atomic E-state index is 0.199. The number of allylic oxidation sites excluding steroid dienone is 2. The van der Waals surface area contributed by atoms with E-state index in [4.69, 9.17) is 4.43 Å². The molecule has 0 bridgehead atoms. The Labute approximate surface area is 202 Å². The summed E-state index contributed by atoms with van der Waals surface area (Å²) < 4.78 is 6.51. The van der Waals surface area contributed by atoms with Crippen molar-refractivity contribution in [3.8, 4) is 5.75 Å². The second-order valence-corrected chi connectivity index (χ2v) is 15.7. The lowest BCUT2D eigenvalue weighted by molar-refractivity contribution is 0.493. The topological polar surface area (TPSA) is 12.5 Å². The molecule has 0 amide bonds. The molecular formula is C28H43NOSSi. The van der Waals surface area contributed by atoms with Gasteiger partial charge in [-0.15, -0.1) is 11.3 Å². The van der Waals surface area contributed by atoms with Crippen molar-refractivity contribution in [2.75, 3.05) is 18.0 Å². The molecular weight excluding hydrogens is 426 g/mol. The molecule has 0 spiro atoms. The number of anilines is 1. The fraction of sp³-hybridized carbons (Fsp3) is 0.500. The van der Waals surface area contributed by atoms with Crippen molar-refractivity contribution in [2.45, 2.75) is 78.4 Å². The van der Waals surface area contributed by atoms with Gasteiger partial charge in [0.25, 0.3) is 8.32 Å². The highest BCUT2D eigenvalue weighted by Gasteiger charge is 2.39. The van der Waals surface area contributed by atoms with E-state index in [1.165, 1.54) is 41.8 Å². The third-order valence-electron chi connectivity index (χ3n) is 6.30. The molecule has 1 aromatic heterocycles. The van der Waals surface area contributed by atoms with Crippen LogP contribution in [0.3, 0.4) is 0 Å². The summed E-state index contributed by atoms with van der Waals surface area (Å²) in [6.07, 6.45) is 13.6. The third-order valence-corrected chi connectivity index (χ3v) is 11.5. The Kier molecular flexibility index (Phi) is 10.3. The minimum atomic E-state index is -1.82. The SMILES string of the molecule is CCCCN(CCCC)c1ccc(/C=C/C=C/c2sccc2O[Si](C)(C)C(C)(C)C)cc1. The minimum Gasteiger partial charge on any atom is -0.543 e. The molecule has 2 nitrogen and oxygen atoms in total. The molecule has 0 atom stereocenters. The van der Waals surface area contributed by atoms with E-state index in [9.17, 15) is 0 Å². The molecule has 0 aliphatic heterocycles. The standard InChI is InChI=1S/C28H43NOSSi/c1-8-10-21-29(22-11-9-2)25-18-16-24(17-19-25)14-12-13-15-27-26(20-23-31-27)30-32(6,7)28(3,4)5/h12-20,23H,8-11,21-22H2,1-7H3/b14-12+,15-13+. The Morgan fingerprint density at radius 2 is 1.50 bits per heavy atom. The highest BCUT2D eigenvalue weighted by atomic mass is 32.1. The number of unbranched alkanes of at least 4 members (excludes halogenated alkanes) is 2. The summed E-state index contributed by atoms with van der Waals surface area (Å²) in [5.41, 5.74) is 2.57. The van der Waals surface area contributed by atoms with Gasteiger partial charge in [0, 0.05) is 18.8 Å². The average Bonchev–Trinajstić information content (AvgIpc) is 3.17. The largest absolute Gasteiger partial charge is 0.543 e. The first-order valence-corrected chi connectivity index (χ1v) is 15.9. The maximum absolute atomic E-state index is 6.51. The van der Waals surface area contributed by atoms with Gasteiger partial charge in [-0.1, -0.05) is 77.8 Å². The van der Waals surface area contributed by atoms with Gasteiger partial charge in [-0.25, -0.2) is 0 Å². The predicted octanol–water partition coefficient (Wildman–Crippen LogP) is 9.27. The third kappa shape index (κ3) is 7.97. The van der Waals surface area contributed by atoms with Gasteiger partial charge in [0.05, 0.1) is 4.88 Å². The van der Waals surface area contributed by atoms with Crippen LogP contribution in [0.5, 0.6) is 5.75 Å². The number of benzene rings is 1. The molecule has 4 heteroatoms. The van der Waals surface area contributed by atoms with Crippen LogP contribution in [0.4, 0.5) is 5.69 Å². The number of rotatable bonds is 12. The molecule has 0 radical (unpaired) electrons. The van der Waals surface area contributed by atoms with Crippen LogP contribution in [0.2, 0.25) is 18.1 Å². The maximum Gasteiger partial charge on any atom is 0.250 e. The van der Waals surface area contributed by atoms with Crippen molar-refractivity contribution in [3.63, 3.8) is 0 Å². The quantitative estimate of drug-likeness (QED) is 0.227. The van der Waals surface area contributed by atoms with E-state index in [1.54, 1.807) is 11.3 Å². The van der Waals surface area contributed by atoms with Crippen LogP contribution in [-0.4, -0.2) is 21.4 Å².